The summed E-state index contributed by atoms with van der Waals surface area (Å²) in [6.07, 6.45) is 35.3. The zero-order chi connectivity index (χ0) is 35.8. The summed E-state index contributed by atoms with van der Waals surface area (Å²) < 4.78 is 23.4. The number of likely N-dealkylation sites (N-methyl/N-ethyl adjacent to an activating group) is 1. The van der Waals surface area contributed by atoms with Gasteiger partial charge in [0.2, 0.25) is 5.91 Å². The molecule has 0 bridgehead atoms. The summed E-state index contributed by atoms with van der Waals surface area (Å²) in [5, 5.41) is 13.7. The Bertz CT molecular complexity index is 845. The third-order valence-electron chi connectivity index (χ3n) is 8.67. The summed E-state index contributed by atoms with van der Waals surface area (Å²) in [6, 6.07) is -0.842. The van der Waals surface area contributed by atoms with Gasteiger partial charge in [-0.15, -0.1) is 0 Å². The first-order valence-electron chi connectivity index (χ1n) is 19.7. The molecule has 0 aliphatic carbocycles. The maximum Gasteiger partial charge on any atom is 0.472 e. The molecule has 0 aliphatic heterocycles. The summed E-state index contributed by atoms with van der Waals surface area (Å²) in [5.74, 6) is -0.186. The largest absolute Gasteiger partial charge is 0.472 e. The lowest BCUT2D eigenvalue weighted by molar-refractivity contribution is -0.870. The third kappa shape index (κ3) is 33.5. The van der Waals surface area contributed by atoms with Crippen LogP contribution in [0.1, 0.15) is 168 Å². The molecule has 8 nitrogen and oxygen atoms in total. The van der Waals surface area contributed by atoms with Crippen LogP contribution in [-0.4, -0.2) is 73.4 Å². The highest BCUT2D eigenvalue weighted by atomic mass is 31.2. The second-order valence-electron chi connectivity index (χ2n) is 14.7. The molecule has 0 aromatic carbocycles. The van der Waals surface area contributed by atoms with Crippen molar-refractivity contribution in [1.82, 2.24) is 5.32 Å². The van der Waals surface area contributed by atoms with Gasteiger partial charge in [0.1, 0.15) is 13.2 Å². The Kier molecular flexibility index (Phi) is 31.2. The first-order valence-corrected chi connectivity index (χ1v) is 21.2. The number of phosphoric acid groups is 1. The Morgan fingerprint density at radius 3 is 1.60 bits per heavy atom. The van der Waals surface area contributed by atoms with Crippen LogP contribution < -0.4 is 5.32 Å². The molecular weight excluding hydrogens is 623 g/mol. The molecule has 3 unspecified atom stereocenters. The number of nitrogens with zero attached hydrogens (tertiary/aromatic N) is 1. The summed E-state index contributed by atoms with van der Waals surface area (Å²) in [5.41, 5.74) is 0. The Hall–Kier alpha value is -1.02. The molecule has 0 fully saturated rings. The number of aliphatic hydroxyl groups excluding tert-OH is 1. The predicted molar refractivity (Wildman–Crippen MR) is 203 cm³/mol. The molecule has 48 heavy (non-hydrogen) atoms. The van der Waals surface area contributed by atoms with Crippen molar-refractivity contribution in [1.29, 1.82) is 0 Å². The Labute approximate surface area is 296 Å². The van der Waals surface area contributed by atoms with Gasteiger partial charge in [-0.1, -0.05) is 141 Å². The van der Waals surface area contributed by atoms with E-state index in [0.717, 1.165) is 38.5 Å². The molecule has 0 saturated heterocycles. The van der Waals surface area contributed by atoms with Crippen molar-refractivity contribution in [2.45, 2.75) is 180 Å². The zero-order valence-corrected chi connectivity index (χ0v) is 32.9. The number of rotatable bonds is 35. The average molecular weight is 702 g/mol. The molecule has 0 radical (unpaired) electrons. The highest BCUT2D eigenvalue weighted by molar-refractivity contribution is 7.47. The van der Waals surface area contributed by atoms with Gasteiger partial charge in [0, 0.05) is 6.42 Å². The van der Waals surface area contributed by atoms with Gasteiger partial charge in [-0.3, -0.25) is 13.8 Å². The van der Waals surface area contributed by atoms with Crippen molar-refractivity contribution in [3.63, 3.8) is 0 Å². The van der Waals surface area contributed by atoms with E-state index in [2.05, 4.69) is 31.3 Å². The van der Waals surface area contributed by atoms with E-state index in [-0.39, 0.29) is 19.1 Å². The minimum Gasteiger partial charge on any atom is -0.387 e. The normalized spacial score (nSPS) is 14.9. The van der Waals surface area contributed by atoms with Crippen LogP contribution in [0.25, 0.3) is 0 Å². The number of carbonyl (C=O) groups excluding carboxylic acids is 1. The number of quaternary nitrogens is 1. The Morgan fingerprint density at radius 2 is 1.12 bits per heavy atom. The number of allylic oxidation sites excluding steroid dienone is 3. The van der Waals surface area contributed by atoms with Crippen molar-refractivity contribution in [3.8, 4) is 0 Å². The van der Waals surface area contributed by atoms with Gasteiger partial charge in [0.25, 0.3) is 0 Å². The highest BCUT2D eigenvalue weighted by Crippen LogP contribution is 2.43. The van der Waals surface area contributed by atoms with Gasteiger partial charge in [-0.05, 0) is 44.9 Å². The van der Waals surface area contributed by atoms with E-state index in [1.807, 2.05) is 27.2 Å². The molecule has 284 valence electrons. The molecule has 0 rings (SSSR count). The fourth-order valence-electron chi connectivity index (χ4n) is 5.45. The van der Waals surface area contributed by atoms with Crippen LogP contribution in [0.4, 0.5) is 0 Å². The van der Waals surface area contributed by atoms with Crippen LogP contribution in [0.15, 0.2) is 24.3 Å². The van der Waals surface area contributed by atoms with E-state index in [4.69, 9.17) is 9.05 Å². The van der Waals surface area contributed by atoms with Crippen molar-refractivity contribution in [3.05, 3.63) is 24.3 Å². The number of phosphoric ester groups is 1. The number of unbranched alkanes of at least 4 members (excludes halogenated alkanes) is 20. The third-order valence-corrected chi connectivity index (χ3v) is 9.65. The second-order valence-corrected chi connectivity index (χ2v) is 16.1. The van der Waals surface area contributed by atoms with Crippen LogP contribution in [-0.2, 0) is 18.4 Å². The van der Waals surface area contributed by atoms with Gasteiger partial charge in [-0.25, -0.2) is 4.57 Å². The van der Waals surface area contributed by atoms with Gasteiger partial charge < -0.3 is 19.8 Å². The maximum atomic E-state index is 12.8. The monoisotopic (exact) mass is 702 g/mol. The summed E-state index contributed by atoms with van der Waals surface area (Å²) in [6.45, 7) is 4.76. The molecule has 9 heteroatoms. The zero-order valence-electron chi connectivity index (χ0n) is 32.0. The van der Waals surface area contributed by atoms with Crippen LogP contribution in [0.5, 0.6) is 0 Å². The van der Waals surface area contributed by atoms with Crippen LogP contribution >= 0.6 is 7.82 Å². The van der Waals surface area contributed by atoms with E-state index < -0.39 is 20.0 Å². The lowest BCUT2D eigenvalue weighted by Gasteiger charge is -2.25. The number of carbonyl (C=O) groups is 1. The number of nitrogens with one attached hydrogen (secondary N) is 1. The van der Waals surface area contributed by atoms with Crippen LogP contribution in [0, 0.1) is 0 Å². The van der Waals surface area contributed by atoms with E-state index >= 15 is 0 Å². The molecule has 0 aliphatic rings. The summed E-state index contributed by atoms with van der Waals surface area (Å²) in [7, 11) is 1.57. The lowest BCUT2D eigenvalue weighted by Crippen LogP contribution is -2.45. The molecule has 0 heterocycles. The predicted octanol–water partition coefficient (Wildman–Crippen LogP) is 10.2. The molecule has 0 aromatic rings. The standard InChI is InChI=1S/C39H77N2O6P/c1-6-8-10-12-14-16-17-18-19-20-21-22-23-25-27-29-31-33-39(43)40-37(36-47-48(44,45)46-35-34-41(3,4)5)38(42)32-30-28-26-24-15-13-11-9-7-2/h18-19,30,32,37-38,42H,6-17,20-29,31,33-36H2,1-5H3,(H-,40,43,44,45)/p+1/b19-18-,32-30+. The molecular formula is C39H78N2O6P+. The molecule has 0 saturated carbocycles. The van der Waals surface area contributed by atoms with Gasteiger partial charge >= 0.3 is 7.82 Å². The van der Waals surface area contributed by atoms with E-state index in [1.165, 1.54) is 109 Å². The number of hydrogen-bond acceptors (Lipinski definition) is 5. The Balaban J connectivity index is 4.42. The van der Waals surface area contributed by atoms with Crippen molar-refractivity contribution < 1.29 is 32.9 Å². The molecule has 0 spiro atoms. The van der Waals surface area contributed by atoms with Gasteiger partial charge in [-0.2, -0.15) is 0 Å². The first kappa shape index (κ1) is 47.0. The molecule has 3 atom stereocenters. The maximum absolute atomic E-state index is 12.8. The number of hydrogen-bond donors (Lipinski definition) is 3. The molecule has 3 N–H and O–H groups in total. The van der Waals surface area contributed by atoms with Crippen molar-refractivity contribution >= 4 is 13.7 Å². The summed E-state index contributed by atoms with van der Waals surface area (Å²) in [4.78, 5) is 23.0. The topological polar surface area (TPSA) is 105 Å². The van der Waals surface area contributed by atoms with Gasteiger partial charge in [0.15, 0.2) is 0 Å². The SMILES string of the molecule is CCCCCCCC/C=C\CCCCCCCCCC(=O)NC(COP(=O)(O)OCC[N+](C)(C)C)C(O)/C=C/CCCCCCCCC. The average Bonchev–Trinajstić information content (AvgIpc) is 3.02. The van der Waals surface area contributed by atoms with Gasteiger partial charge in [0.05, 0.1) is 39.9 Å². The second kappa shape index (κ2) is 31.9. The highest BCUT2D eigenvalue weighted by Gasteiger charge is 2.27. The van der Waals surface area contributed by atoms with Crippen LogP contribution in [0.3, 0.4) is 0 Å². The summed E-state index contributed by atoms with van der Waals surface area (Å²) >= 11 is 0. The lowest BCUT2D eigenvalue weighted by atomic mass is 10.1. The van der Waals surface area contributed by atoms with E-state index in [9.17, 15) is 19.4 Å². The number of amides is 1. The molecule has 0 aromatic heterocycles. The Morgan fingerprint density at radius 1 is 0.688 bits per heavy atom. The van der Waals surface area contributed by atoms with E-state index in [1.54, 1.807) is 6.08 Å². The minimum atomic E-state index is -4.32. The van der Waals surface area contributed by atoms with Crippen molar-refractivity contribution in [2.75, 3.05) is 40.9 Å². The fraction of sp³-hybridized carbons (Fsp3) is 0.872. The fourth-order valence-corrected chi connectivity index (χ4v) is 6.18. The quantitative estimate of drug-likeness (QED) is 0.0263. The van der Waals surface area contributed by atoms with E-state index in [0.29, 0.717) is 17.4 Å². The number of aliphatic hydroxyl groups is 1. The van der Waals surface area contributed by atoms with Crippen molar-refractivity contribution in [2.24, 2.45) is 0 Å². The smallest absolute Gasteiger partial charge is 0.387 e. The molecule has 1 amide bonds. The van der Waals surface area contributed by atoms with Crippen LogP contribution in [0.2, 0.25) is 0 Å². The first-order chi connectivity index (χ1) is 23.0. The minimum absolute atomic E-state index is 0.0611.